The van der Waals surface area contributed by atoms with Crippen molar-refractivity contribution in [3.8, 4) is 17.0 Å². The highest BCUT2D eigenvalue weighted by molar-refractivity contribution is 7.99. The molecule has 0 fully saturated rings. The zero-order valence-electron chi connectivity index (χ0n) is 13.8. The third-order valence-electron chi connectivity index (χ3n) is 3.55. The first-order valence-electron chi connectivity index (χ1n) is 7.78. The molecule has 5 nitrogen and oxygen atoms in total. The molecule has 2 aromatic carbocycles. The summed E-state index contributed by atoms with van der Waals surface area (Å²) >= 11 is 1.27. The van der Waals surface area contributed by atoms with Crippen molar-refractivity contribution in [2.24, 2.45) is 0 Å². The Kier molecular flexibility index (Phi) is 5.74. The van der Waals surface area contributed by atoms with Gasteiger partial charge < -0.3 is 14.5 Å². The number of hydrogen-bond acceptors (Lipinski definition) is 5. The second-order valence-electron chi connectivity index (χ2n) is 5.24. The maximum atomic E-state index is 12.0. The van der Waals surface area contributed by atoms with Crippen LogP contribution in [0.25, 0.3) is 11.3 Å². The zero-order chi connectivity index (χ0) is 17.5. The van der Waals surface area contributed by atoms with Crippen molar-refractivity contribution < 1.29 is 13.9 Å². The first-order valence-corrected chi connectivity index (χ1v) is 8.77. The molecule has 0 aliphatic carbocycles. The van der Waals surface area contributed by atoms with E-state index in [2.05, 4.69) is 10.3 Å². The van der Waals surface area contributed by atoms with Gasteiger partial charge in [-0.25, -0.2) is 4.98 Å². The third kappa shape index (κ3) is 4.64. The van der Waals surface area contributed by atoms with Crippen molar-refractivity contribution in [1.82, 2.24) is 10.3 Å². The van der Waals surface area contributed by atoms with Gasteiger partial charge in [0, 0.05) is 17.7 Å². The minimum atomic E-state index is -0.0876. The lowest BCUT2D eigenvalue weighted by Crippen LogP contribution is -2.24. The monoisotopic (exact) mass is 354 g/mol. The van der Waals surface area contributed by atoms with Gasteiger partial charge in [0.2, 0.25) is 5.91 Å². The zero-order valence-corrected chi connectivity index (χ0v) is 14.6. The third-order valence-corrected chi connectivity index (χ3v) is 4.39. The number of ether oxygens (including phenoxy) is 1. The van der Waals surface area contributed by atoms with Gasteiger partial charge in [0.05, 0.1) is 12.9 Å². The molecule has 1 heterocycles. The van der Waals surface area contributed by atoms with Gasteiger partial charge >= 0.3 is 0 Å². The molecule has 0 aliphatic rings. The van der Waals surface area contributed by atoms with Crippen LogP contribution in [0.1, 0.15) is 5.56 Å². The Balaban J connectivity index is 1.50. The number of oxazole rings is 1. The summed E-state index contributed by atoms with van der Waals surface area (Å²) in [6.45, 7) is 0.421. The summed E-state index contributed by atoms with van der Waals surface area (Å²) in [6.07, 6.45) is 1.60. The Labute approximate surface area is 150 Å². The van der Waals surface area contributed by atoms with Crippen molar-refractivity contribution in [3.05, 3.63) is 66.4 Å². The highest BCUT2D eigenvalue weighted by Gasteiger charge is 2.10. The van der Waals surface area contributed by atoms with E-state index in [0.717, 1.165) is 22.6 Å². The van der Waals surface area contributed by atoms with Crippen LogP contribution in [0.15, 0.2) is 70.5 Å². The maximum absolute atomic E-state index is 12.0. The Morgan fingerprint density at radius 2 is 1.92 bits per heavy atom. The van der Waals surface area contributed by atoms with Gasteiger partial charge in [-0.3, -0.25) is 4.79 Å². The number of carbonyl (C=O) groups is 1. The average Bonchev–Trinajstić information content (AvgIpc) is 3.14. The summed E-state index contributed by atoms with van der Waals surface area (Å²) in [4.78, 5) is 16.4. The van der Waals surface area contributed by atoms with E-state index in [1.165, 1.54) is 11.8 Å². The van der Waals surface area contributed by atoms with Gasteiger partial charge in [-0.1, -0.05) is 60.3 Å². The smallest absolute Gasteiger partial charge is 0.256 e. The summed E-state index contributed by atoms with van der Waals surface area (Å²) in [5.41, 5.74) is 2.68. The highest BCUT2D eigenvalue weighted by Crippen LogP contribution is 2.23. The van der Waals surface area contributed by atoms with Crippen LogP contribution >= 0.6 is 11.8 Å². The predicted octanol–water partition coefficient (Wildman–Crippen LogP) is 3.76. The van der Waals surface area contributed by atoms with Crippen molar-refractivity contribution in [3.63, 3.8) is 0 Å². The van der Waals surface area contributed by atoms with Crippen LogP contribution in [-0.2, 0) is 11.3 Å². The van der Waals surface area contributed by atoms with Crippen molar-refractivity contribution >= 4 is 17.7 Å². The Morgan fingerprint density at radius 1 is 1.16 bits per heavy atom. The minimum Gasteiger partial charge on any atom is -0.496 e. The topological polar surface area (TPSA) is 64.4 Å². The minimum absolute atomic E-state index is 0.0876. The molecular weight excluding hydrogens is 336 g/mol. The molecule has 3 rings (SSSR count). The molecule has 0 bridgehead atoms. The summed E-state index contributed by atoms with van der Waals surface area (Å²) in [6, 6.07) is 17.4. The number of para-hydroxylation sites is 1. The van der Waals surface area contributed by atoms with Gasteiger partial charge in [-0.05, 0) is 6.07 Å². The molecule has 3 aromatic rings. The van der Waals surface area contributed by atoms with Gasteiger partial charge in [-0.2, -0.15) is 0 Å². The first-order chi connectivity index (χ1) is 12.3. The number of carbonyl (C=O) groups excluding carboxylic acids is 1. The van der Waals surface area contributed by atoms with Gasteiger partial charge in [0.1, 0.15) is 17.7 Å². The molecular formula is C19H18N2O3S. The number of methoxy groups -OCH3 is 1. The number of hydrogen-bond donors (Lipinski definition) is 1. The maximum Gasteiger partial charge on any atom is 0.256 e. The van der Waals surface area contributed by atoms with Crippen molar-refractivity contribution in [2.75, 3.05) is 12.9 Å². The van der Waals surface area contributed by atoms with Gasteiger partial charge in [0.25, 0.3) is 5.22 Å². The number of thioether (sulfide) groups is 1. The molecule has 0 radical (unpaired) electrons. The molecule has 1 aromatic heterocycles. The van der Waals surface area contributed by atoms with Crippen LogP contribution in [-0.4, -0.2) is 23.8 Å². The Morgan fingerprint density at radius 3 is 2.72 bits per heavy atom. The van der Waals surface area contributed by atoms with E-state index in [1.54, 1.807) is 13.4 Å². The SMILES string of the molecule is COc1ccccc1CNC(=O)CSc1nc(-c2ccccc2)co1. The summed E-state index contributed by atoms with van der Waals surface area (Å²) in [5.74, 6) is 0.912. The fourth-order valence-corrected chi connectivity index (χ4v) is 2.92. The van der Waals surface area contributed by atoms with Crippen molar-refractivity contribution in [2.45, 2.75) is 11.8 Å². The molecule has 0 aliphatic heterocycles. The van der Waals surface area contributed by atoms with E-state index in [1.807, 2.05) is 54.6 Å². The lowest BCUT2D eigenvalue weighted by atomic mass is 10.2. The Bertz CT molecular complexity index is 833. The number of rotatable bonds is 7. The second kappa shape index (κ2) is 8.39. The molecule has 1 N–H and O–H groups in total. The molecule has 0 saturated carbocycles. The van der Waals surface area contributed by atoms with Crippen LogP contribution in [0.5, 0.6) is 5.75 Å². The molecule has 6 heteroatoms. The fourth-order valence-electron chi connectivity index (χ4n) is 2.29. The van der Waals surface area contributed by atoms with Crippen LogP contribution < -0.4 is 10.1 Å². The van der Waals surface area contributed by atoms with Gasteiger partial charge in [-0.15, -0.1) is 0 Å². The summed E-state index contributed by atoms with van der Waals surface area (Å²) in [5, 5.41) is 3.35. The fraction of sp³-hybridized carbons (Fsp3) is 0.158. The van der Waals surface area contributed by atoms with Crippen LogP contribution in [0.3, 0.4) is 0 Å². The number of nitrogens with one attached hydrogen (secondary N) is 1. The van der Waals surface area contributed by atoms with Gasteiger partial charge in [0.15, 0.2) is 0 Å². The van der Waals surface area contributed by atoms with Crippen LogP contribution in [0.2, 0.25) is 0 Å². The largest absolute Gasteiger partial charge is 0.496 e. The average molecular weight is 354 g/mol. The normalized spacial score (nSPS) is 10.4. The Hall–Kier alpha value is -2.73. The van der Waals surface area contributed by atoms with E-state index in [0.29, 0.717) is 11.8 Å². The quantitative estimate of drug-likeness (QED) is 0.655. The van der Waals surface area contributed by atoms with Crippen LogP contribution in [0.4, 0.5) is 0 Å². The second-order valence-corrected chi connectivity index (χ2v) is 6.17. The summed E-state index contributed by atoms with van der Waals surface area (Å²) < 4.78 is 10.7. The number of aromatic nitrogens is 1. The van der Waals surface area contributed by atoms with E-state index >= 15 is 0 Å². The molecule has 0 saturated heterocycles. The standard InChI is InChI=1S/C19H18N2O3S/c1-23-17-10-6-5-9-15(17)11-20-18(22)13-25-19-21-16(12-24-19)14-7-3-2-4-8-14/h2-10,12H,11,13H2,1H3,(H,20,22). The number of nitrogens with zero attached hydrogens (tertiary/aromatic N) is 1. The molecule has 1 amide bonds. The summed E-state index contributed by atoms with van der Waals surface area (Å²) in [7, 11) is 1.61. The molecule has 0 unspecified atom stereocenters. The predicted molar refractivity (Wildman–Crippen MR) is 97.5 cm³/mol. The molecule has 128 valence electrons. The lowest BCUT2D eigenvalue weighted by molar-refractivity contribution is -0.118. The van der Waals surface area contributed by atoms with E-state index in [9.17, 15) is 4.79 Å². The van der Waals surface area contributed by atoms with Crippen molar-refractivity contribution in [1.29, 1.82) is 0 Å². The van der Waals surface area contributed by atoms with E-state index < -0.39 is 0 Å². The van der Waals surface area contributed by atoms with Crippen LogP contribution in [0, 0.1) is 0 Å². The number of benzene rings is 2. The molecule has 0 spiro atoms. The molecule has 25 heavy (non-hydrogen) atoms. The van der Waals surface area contributed by atoms with E-state index in [-0.39, 0.29) is 11.7 Å². The first kappa shape index (κ1) is 17.1. The van der Waals surface area contributed by atoms with E-state index in [4.69, 9.17) is 9.15 Å². The highest BCUT2D eigenvalue weighted by atomic mass is 32.2. The molecule has 0 atom stereocenters. The lowest BCUT2D eigenvalue weighted by Gasteiger charge is -2.08. The number of amides is 1.